The van der Waals surface area contributed by atoms with Gasteiger partial charge in [-0.25, -0.2) is 4.39 Å². The normalized spacial score (nSPS) is 14.8. The number of carbonyl (C=O) groups is 1. The van der Waals surface area contributed by atoms with Gasteiger partial charge in [0.05, 0.1) is 5.39 Å². The van der Waals surface area contributed by atoms with Gasteiger partial charge in [-0.1, -0.05) is 35.5 Å². The molecular formula is C26H23FN2O2. The van der Waals surface area contributed by atoms with Crippen molar-refractivity contribution in [3.05, 3.63) is 89.7 Å². The van der Waals surface area contributed by atoms with Gasteiger partial charge in [-0.3, -0.25) is 4.79 Å². The molecule has 0 saturated carbocycles. The highest BCUT2D eigenvalue weighted by Crippen LogP contribution is 2.30. The molecule has 31 heavy (non-hydrogen) atoms. The van der Waals surface area contributed by atoms with Crippen LogP contribution in [0.2, 0.25) is 0 Å². The van der Waals surface area contributed by atoms with E-state index >= 15 is 0 Å². The highest BCUT2D eigenvalue weighted by Gasteiger charge is 2.24. The third kappa shape index (κ3) is 4.08. The van der Waals surface area contributed by atoms with E-state index in [9.17, 15) is 9.18 Å². The molecule has 1 amide bonds. The molecule has 1 aliphatic rings. The third-order valence-corrected chi connectivity index (χ3v) is 6.10. The molecule has 0 radical (unpaired) electrons. The molecule has 0 unspecified atom stereocenters. The van der Waals surface area contributed by atoms with Gasteiger partial charge in [-0.2, -0.15) is 0 Å². The number of hydrogen-bond donors (Lipinski definition) is 0. The van der Waals surface area contributed by atoms with E-state index in [0.29, 0.717) is 22.8 Å². The second-order valence-electron chi connectivity index (χ2n) is 8.18. The first-order valence-corrected chi connectivity index (χ1v) is 10.7. The minimum Gasteiger partial charge on any atom is -0.355 e. The zero-order valence-electron chi connectivity index (χ0n) is 17.1. The number of fused-ring (bicyclic) bond motifs is 1. The van der Waals surface area contributed by atoms with Crippen molar-refractivity contribution < 1.29 is 13.7 Å². The van der Waals surface area contributed by atoms with E-state index in [4.69, 9.17) is 4.52 Å². The van der Waals surface area contributed by atoms with Gasteiger partial charge in [0.1, 0.15) is 11.3 Å². The van der Waals surface area contributed by atoms with Crippen LogP contribution in [-0.4, -0.2) is 29.1 Å². The summed E-state index contributed by atoms with van der Waals surface area (Å²) in [6.07, 6.45) is 3.09. The van der Waals surface area contributed by atoms with Gasteiger partial charge >= 0.3 is 0 Å². The number of amides is 1. The average molecular weight is 414 g/mol. The number of hydrogen-bond acceptors (Lipinski definition) is 3. The van der Waals surface area contributed by atoms with Gasteiger partial charge in [0, 0.05) is 24.2 Å². The Morgan fingerprint density at radius 2 is 1.74 bits per heavy atom. The van der Waals surface area contributed by atoms with Crippen molar-refractivity contribution in [2.45, 2.75) is 19.3 Å². The largest absolute Gasteiger partial charge is 0.355 e. The third-order valence-electron chi connectivity index (χ3n) is 6.10. The van der Waals surface area contributed by atoms with Crippen LogP contribution in [0.3, 0.4) is 0 Å². The van der Waals surface area contributed by atoms with E-state index in [0.717, 1.165) is 43.3 Å². The van der Waals surface area contributed by atoms with Crippen LogP contribution in [0.5, 0.6) is 0 Å². The smallest absolute Gasteiger partial charge is 0.253 e. The summed E-state index contributed by atoms with van der Waals surface area (Å²) in [5.41, 5.74) is 3.40. The SMILES string of the molecule is O=C(c1ccc2noc(-c3ccc(F)cc3)c2c1)N1CCC(Cc2ccccc2)CC1. The topological polar surface area (TPSA) is 46.3 Å². The summed E-state index contributed by atoms with van der Waals surface area (Å²) in [7, 11) is 0. The number of rotatable bonds is 4. The van der Waals surface area contributed by atoms with Crippen LogP contribution in [-0.2, 0) is 6.42 Å². The first kappa shape index (κ1) is 19.5. The molecule has 1 aromatic heterocycles. The Labute approximate surface area is 180 Å². The first-order valence-electron chi connectivity index (χ1n) is 10.7. The molecule has 0 atom stereocenters. The molecule has 4 aromatic rings. The molecule has 0 bridgehead atoms. The van der Waals surface area contributed by atoms with Gasteiger partial charge < -0.3 is 9.42 Å². The minimum atomic E-state index is -0.306. The summed E-state index contributed by atoms with van der Waals surface area (Å²) in [6, 6.07) is 22.1. The number of carbonyl (C=O) groups excluding carboxylic acids is 1. The van der Waals surface area contributed by atoms with E-state index in [1.165, 1.54) is 17.7 Å². The number of likely N-dealkylation sites (tertiary alicyclic amines) is 1. The van der Waals surface area contributed by atoms with Crippen molar-refractivity contribution >= 4 is 16.8 Å². The van der Waals surface area contributed by atoms with Crippen molar-refractivity contribution in [2.24, 2.45) is 5.92 Å². The second kappa shape index (κ2) is 8.34. The molecule has 1 aliphatic heterocycles. The fourth-order valence-corrected chi connectivity index (χ4v) is 4.35. The number of piperidine rings is 1. The molecule has 0 spiro atoms. The van der Waals surface area contributed by atoms with Crippen LogP contribution >= 0.6 is 0 Å². The Morgan fingerprint density at radius 3 is 2.48 bits per heavy atom. The average Bonchev–Trinajstić information content (AvgIpc) is 3.24. The predicted octanol–water partition coefficient (Wildman–Crippen LogP) is 5.73. The molecule has 0 aliphatic carbocycles. The lowest BCUT2D eigenvalue weighted by Gasteiger charge is -2.32. The van der Waals surface area contributed by atoms with E-state index < -0.39 is 0 Å². The molecule has 1 fully saturated rings. The Bertz CT molecular complexity index is 1190. The Hall–Kier alpha value is -3.47. The molecule has 2 heterocycles. The van der Waals surface area contributed by atoms with Crippen LogP contribution in [0.15, 0.2) is 77.3 Å². The number of benzene rings is 3. The monoisotopic (exact) mass is 414 g/mol. The second-order valence-corrected chi connectivity index (χ2v) is 8.18. The van der Waals surface area contributed by atoms with Crippen molar-refractivity contribution in [2.75, 3.05) is 13.1 Å². The van der Waals surface area contributed by atoms with Crippen LogP contribution < -0.4 is 0 Å². The summed E-state index contributed by atoms with van der Waals surface area (Å²) in [4.78, 5) is 15.1. The van der Waals surface area contributed by atoms with E-state index in [1.807, 2.05) is 17.0 Å². The summed E-state index contributed by atoms with van der Waals surface area (Å²) in [5.74, 6) is 0.883. The highest BCUT2D eigenvalue weighted by atomic mass is 19.1. The van der Waals surface area contributed by atoms with Gasteiger partial charge in [0.15, 0.2) is 5.76 Å². The van der Waals surface area contributed by atoms with Crippen molar-refractivity contribution in [1.29, 1.82) is 0 Å². The maximum absolute atomic E-state index is 13.3. The lowest BCUT2D eigenvalue weighted by Crippen LogP contribution is -2.38. The molecule has 0 N–H and O–H groups in total. The van der Waals surface area contributed by atoms with Crippen LogP contribution in [0.25, 0.3) is 22.2 Å². The highest BCUT2D eigenvalue weighted by molar-refractivity contribution is 6.01. The molecule has 156 valence electrons. The Kier molecular flexibility index (Phi) is 5.24. The fraction of sp³-hybridized carbons (Fsp3) is 0.231. The summed E-state index contributed by atoms with van der Waals surface area (Å²) >= 11 is 0. The molecular weight excluding hydrogens is 391 g/mol. The quantitative estimate of drug-likeness (QED) is 0.428. The lowest BCUT2D eigenvalue weighted by atomic mass is 9.90. The van der Waals surface area contributed by atoms with Crippen LogP contribution in [0.4, 0.5) is 4.39 Å². The van der Waals surface area contributed by atoms with Crippen molar-refractivity contribution in [3.63, 3.8) is 0 Å². The number of nitrogens with zero attached hydrogens (tertiary/aromatic N) is 2. The summed E-state index contributed by atoms with van der Waals surface area (Å²) < 4.78 is 18.8. The Balaban J connectivity index is 1.31. The summed E-state index contributed by atoms with van der Waals surface area (Å²) in [5, 5.41) is 4.85. The maximum Gasteiger partial charge on any atom is 0.253 e. The van der Waals surface area contributed by atoms with E-state index in [2.05, 4.69) is 29.4 Å². The zero-order valence-corrected chi connectivity index (χ0v) is 17.1. The van der Waals surface area contributed by atoms with E-state index in [-0.39, 0.29) is 11.7 Å². The van der Waals surface area contributed by atoms with E-state index in [1.54, 1.807) is 24.3 Å². The van der Waals surface area contributed by atoms with Crippen molar-refractivity contribution in [3.8, 4) is 11.3 Å². The predicted molar refractivity (Wildman–Crippen MR) is 118 cm³/mol. The van der Waals surface area contributed by atoms with Crippen molar-refractivity contribution in [1.82, 2.24) is 10.1 Å². The summed E-state index contributed by atoms with van der Waals surface area (Å²) in [6.45, 7) is 1.53. The first-order chi connectivity index (χ1) is 15.2. The minimum absolute atomic E-state index is 0.0336. The maximum atomic E-state index is 13.3. The Morgan fingerprint density at radius 1 is 1.00 bits per heavy atom. The molecule has 3 aromatic carbocycles. The lowest BCUT2D eigenvalue weighted by molar-refractivity contribution is 0.0690. The van der Waals surface area contributed by atoms with Gasteiger partial charge in [0.25, 0.3) is 5.91 Å². The molecule has 5 rings (SSSR count). The van der Waals surface area contributed by atoms with Crippen LogP contribution in [0, 0.1) is 11.7 Å². The fourth-order valence-electron chi connectivity index (χ4n) is 4.35. The standard InChI is InChI=1S/C26H23FN2O2/c27-22-9-6-20(7-10-22)25-23-17-21(8-11-24(23)28-31-25)26(30)29-14-12-19(13-15-29)16-18-4-2-1-3-5-18/h1-11,17,19H,12-16H2. The zero-order chi connectivity index (χ0) is 21.2. The van der Waals surface area contributed by atoms with Gasteiger partial charge in [0.2, 0.25) is 0 Å². The number of halogens is 1. The molecule has 4 nitrogen and oxygen atoms in total. The molecule has 5 heteroatoms. The van der Waals surface area contributed by atoms with Gasteiger partial charge in [-0.15, -0.1) is 0 Å². The number of aromatic nitrogens is 1. The molecule has 1 saturated heterocycles. The van der Waals surface area contributed by atoms with Gasteiger partial charge in [-0.05, 0) is 73.2 Å². The van der Waals surface area contributed by atoms with Crippen LogP contribution in [0.1, 0.15) is 28.8 Å².